The van der Waals surface area contributed by atoms with Crippen LogP contribution >= 0.6 is 0 Å². The second-order valence-electron chi connectivity index (χ2n) is 6.15. The number of anilines is 1. The first kappa shape index (κ1) is 17.8. The largest absolute Gasteiger partial charge is 0.338 e. The summed E-state index contributed by atoms with van der Waals surface area (Å²) in [5.74, 6) is 0.525. The van der Waals surface area contributed by atoms with Gasteiger partial charge >= 0.3 is 0 Å². The Bertz CT molecular complexity index is 732. The van der Waals surface area contributed by atoms with E-state index in [4.69, 9.17) is 0 Å². The molecule has 0 spiro atoms. The summed E-state index contributed by atoms with van der Waals surface area (Å²) in [6, 6.07) is 5.47. The van der Waals surface area contributed by atoms with Crippen LogP contribution in [0.5, 0.6) is 0 Å². The van der Waals surface area contributed by atoms with Crippen molar-refractivity contribution in [1.82, 2.24) is 24.8 Å². The standard InChI is InChI=1S/C18H22N6O2/c1-15(25)24(13-16-3-7-19-8-4-16)14-17(26)22-9-11-23(12-10-22)18-20-5-2-6-21-18/h2-8H,9-14H2,1H3. The molecule has 0 atom stereocenters. The number of piperazine rings is 1. The zero-order valence-electron chi connectivity index (χ0n) is 14.8. The van der Waals surface area contributed by atoms with E-state index in [-0.39, 0.29) is 18.4 Å². The summed E-state index contributed by atoms with van der Waals surface area (Å²) >= 11 is 0. The Morgan fingerprint density at radius 3 is 2.31 bits per heavy atom. The molecule has 3 heterocycles. The molecule has 136 valence electrons. The van der Waals surface area contributed by atoms with Crippen molar-refractivity contribution in [3.63, 3.8) is 0 Å². The number of hydrogen-bond donors (Lipinski definition) is 0. The summed E-state index contributed by atoms with van der Waals surface area (Å²) in [6.45, 7) is 4.52. The minimum atomic E-state index is -0.119. The van der Waals surface area contributed by atoms with Crippen molar-refractivity contribution in [1.29, 1.82) is 0 Å². The van der Waals surface area contributed by atoms with Crippen molar-refractivity contribution in [3.8, 4) is 0 Å². The Balaban J connectivity index is 1.54. The molecule has 0 unspecified atom stereocenters. The zero-order valence-corrected chi connectivity index (χ0v) is 14.8. The fraction of sp³-hybridized carbons (Fsp3) is 0.389. The average molecular weight is 354 g/mol. The molecular formula is C18H22N6O2. The highest BCUT2D eigenvalue weighted by atomic mass is 16.2. The third-order valence-electron chi connectivity index (χ3n) is 4.36. The second-order valence-corrected chi connectivity index (χ2v) is 6.15. The summed E-state index contributed by atoms with van der Waals surface area (Å²) in [4.78, 5) is 42.4. The zero-order chi connectivity index (χ0) is 18.4. The molecular weight excluding hydrogens is 332 g/mol. The van der Waals surface area contributed by atoms with Gasteiger partial charge in [-0.05, 0) is 23.8 Å². The van der Waals surface area contributed by atoms with E-state index >= 15 is 0 Å². The molecule has 2 aromatic heterocycles. The Hall–Kier alpha value is -3.03. The van der Waals surface area contributed by atoms with Crippen LogP contribution in [0.4, 0.5) is 5.95 Å². The number of rotatable bonds is 5. The van der Waals surface area contributed by atoms with E-state index in [0.29, 0.717) is 38.7 Å². The minimum absolute atomic E-state index is 0.0390. The molecule has 8 nitrogen and oxygen atoms in total. The van der Waals surface area contributed by atoms with Crippen LogP contribution in [0.2, 0.25) is 0 Å². The normalized spacial score (nSPS) is 14.2. The van der Waals surface area contributed by atoms with E-state index in [1.54, 1.807) is 40.7 Å². The number of nitrogens with zero attached hydrogens (tertiary/aromatic N) is 6. The molecule has 0 N–H and O–H groups in total. The molecule has 0 radical (unpaired) electrons. The average Bonchev–Trinajstić information content (AvgIpc) is 2.69. The van der Waals surface area contributed by atoms with Gasteiger partial charge in [0.1, 0.15) is 6.54 Å². The first-order valence-electron chi connectivity index (χ1n) is 8.57. The number of hydrogen-bond acceptors (Lipinski definition) is 6. The van der Waals surface area contributed by atoms with Crippen molar-refractivity contribution in [2.45, 2.75) is 13.5 Å². The van der Waals surface area contributed by atoms with E-state index in [0.717, 1.165) is 5.56 Å². The molecule has 1 aliphatic rings. The van der Waals surface area contributed by atoms with Gasteiger partial charge in [0.25, 0.3) is 0 Å². The van der Waals surface area contributed by atoms with Crippen LogP contribution in [0.3, 0.4) is 0 Å². The maximum Gasteiger partial charge on any atom is 0.242 e. The van der Waals surface area contributed by atoms with E-state index in [2.05, 4.69) is 19.9 Å². The van der Waals surface area contributed by atoms with Gasteiger partial charge in [0.15, 0.2) is 0 Å². The lowest BCUT2D eigenvalue weighted by Gasteiger charge is -2.35. The number of carbonyl (C=O) groups is 2. The van der Waals surface area contributed by atoms with Crippen molar-refractivity contribution in [3.05, 3.63) is 48.5 Å². The third kappa shape index (κ3) is 4.53. The maximum atomic E-state index is 12.6. The predicted octanol–water partition coefficient (Wildman–Crippen LogP) is 0.569. The fourth-order valence-electron chi connectivity index (χ4n) is 2.86. The molecule has 1 aliphatic heterocycles. The van der Waals surface area contributed by atoms with Crippen LogP contribution in [0.25, 0.3) is 0 Å². The first-order chi connectivity index (χ1) is 12.6. The monoisotopic (exact) mass is 354 g/mol. The van der Waals surface area contributed by atoms with E-state index in [1.807, 2.05) is 12.1 Å². The van der Waals surface area contributed by atoms with Crippen LogP contribution < -0.4 is 4.90 Å². The van der Waals surface area contributed by atoms with Crippen LogP contribution in [0.1, 0.15) is 12.5 Å². The van der Waals surface area contributed by atoms with Crippen LogP contribution in [0, 0.1) is 0 Å². The second kappa shape index (κ2) is 8.37. The van der Waals surface area contributed by atoms with Crippen molar-refractivity contribution >= 4 is 17.8 Å². The third-order valence-corrected chi connectivity index (χ3v) is 4.36. The highest BCUT2D eigenvalue weighted by molar-refractivity contribution is 5.84. The van der Waals surface area contributed by atoms with Gasteiger partial charge < -0.3 is 14.7 Å². The molecule has 1 fully saturated rings. The predicted molar refractivity (Wildman–Crippen MR) is 96.2 cm³/mol. The molecule has 26 heavy (non-hydrogen) atoms. The highest BCUT2D eigenvalue weighted by Gasteiger charge is 2.24. The molecule has 2 amide bonds. The number of aromatic nitrogens is 3. The Kier molecular flexibility index (Phi) is 5.73. The highest BCUT2D eigenvalue weighted by Crippen LogP contribution is 2.11. The van der Waals surface area contributed by atoms with Crippen molar-refractivity contribution in [2.24, 2.45) is 0 Å². The molecule has 8 heteroatoms. The van der Waals surface area contributed by atoms with Gasteiger partial charge in [0.05, 0.1) is 0 Å². The molecule has 0 saturated carbocycles. The molecule has 3 rings (SSSR count). The van der Waals surface area contributed by atoms with Gasteiger partial charge in [-0.3, -0.25) is 14.6 Å². The molecule has 0 aromatic carbocycles. The SMILES string of the molecule is CC(=O)N(CC(=O)N1CCN(c2ncccn2)CC1)Cc1ccncc1. The summed E-state index contributed by atoms with van der Waals surface area (Å²) in [5, 5.41) is 0. The van der Waals surface area contributed by atoms with Crippen LogP contribution in [-0.2, 0) is 16.1 Å². The van der Waals surface area contributed by atoms with Gasteiger partial charge in [0.2, 0.25) is 17.8 Å². The molecule has 0 aliphatic carbocycles. The summed E-state index contributed by atoms with van der Waals surface area (Å²) in [6.07, 6.45) is 6.79. The number of carbonyl (C=O) groups excluding carboxylic acids is 2. The van der Waals surface area contributed by atoms with Crippen LogP contribution in [-0.4, -0.2) is 69.3 Å². The lowest BCUT2D eigenvalue weighted by Crippen LogP contribution is -2.52. The Morgan fingerprint density at radius 2 is 1.69 bits per heavy atom. The molecule has 2 aromatic rings. The lowest BCUT2D eigenvalue weighted by molar-refractivity contribution is -0.140. The smallest absolute Gasteiger partial charge is 0.242 e. The fourth-order valence-corrected chi connectivity index (χ4v) is 2.86. The van der Waals surface area contributed by atoms with E-state index in [1.165, 1.54) is 6.92 Å². The lowest BCUT2D eigenvalue weighted by atomic mass is 10.2. The van der Waals surface area contributed by atoms with Gasteiger partial charge in [-0.2, -0.15) is 0 Å². The first-order valence-corrected chi connectivity index (χ1v) is 8.57. The van der Waals surface area contributed by atoms with E-state index in [9.17, 15) is 9.59 Å². The van der Waals surface area contributed by atoms with Crippen LogP contribution in [0.15, 0.2) is 43.0 Å². The summed E-state index contributed by atoms with van der Waals surface area (Å²) in [5.41, 5.74) is 0.953. The number of amides is 2. The van der Waals surface area contributed by atoms with Gasteiger partial charge in [0, 0.05) is 64.4 Å². The topological polar surface area (TPSA) is 82.5 Å². The van der Waals surface area contributed by atoms with Gasteiger partial charge in [-0.1, -0.05) is 0 Å². The van der Waals surface area contributed by atoms with E-state index < -0.39 is 0 Å². The summed E-state index contributed by atoms with van der Waals surface area (Å²) in [7, 11) is 0. The Morgan fingerprint density at radius 1 is 1.04 bits per heavy atom. The van der Waals surface area contributed by atoms with Crippen molar-refractivity contribution < 1.29 is 9.59 Å². The van der Waals surface area contributed by atoms with Gasteiger partial charge in [-0.25, -0.2) is 9.97 Å². The van der Waals surface area contributed by atoms with Crippen molar-refractivity contribution in [2.75, 3.05) is 37.6 Å². The quantitative estimate of drug-likeness (QED) is 0.781. The Labute approximate surface area is 152 Å². The maximum absolute atomic E-state index is 12.6. The minimum Gasteiger partial charge on any atom is -0.338 e. The molecule has 1 saturated heterocycles. The summed E-state index contributed by atoms with van der Waals surface area (Å²) < 4.78 is 0. The molecule has 0 bridgehead atoms. The van der Waals surface area contributed by atoms with Gasteiger partial charge in [-0.15, -0.1) is 0 Å². The number of pyridine rings is 1.